The van der Waals surface area contributed by atoms with Crippen LogP contribution in [0.15, 0.2) is 30.5 Å². The molecule has 0 fully saturated rings. The maximum atomic E-state index is 5.91. The van der Waals surface area contributed by atoms with Crippen LogP contribution in [0.1, 0.15) is 24.6 Å². The molecule has 2 rings (SSSR count). The largest absolute Gasteiger partial charge is 0.424 e. The minimum atomic E-state index is 0.337. The van der Waals surface area contributed by atoms with E-state index in [1.807, 2.05) is 19.1 Å². The van der Waals surface area contributed by atoms with Gasteiger partial charge in [-0.3, -0.25) is 0 Å². The van der Waals surface area contributed by atoms with Gasteiger partial charge in [-0.25, -0.2) is 4.98 Å². The third kappa shape index (κ3) is 4.18. The van der Waals surface area contributed by atoms with E-state index >= 15 is 0 Å². The number of aromatic nitrogens is 2. The highest BCUT2D eigenvalue weighted by Crippen LogP contribution is 2.21. The molecule has 4 nitrogen and oxygen atoms in total. The molecule has 2 aromatic rings. The van der Waals surface area contributed by atoms with Crippen LogP contribution in [0.4, 0.5) is 0 Å². The normalized spacial score (nSPS) is 10.6. The highest BCUT2D eigenvalue weighted by Gasteiger charge is 2.05. The Morgan fingerprint density at radius 1 is 1.35 bits per heavy atom. The van der Waals surface area contributed by atoms with E-state index in [2.05, 4.69) is 22.2 Å². The summed E-state index contributed by atoms with van der Waals surface area (Å²) in [5.74, 6) is 0.633. The van der Waals surface area contributed by atoms with Gasteiger partial charge in [-0.1, -0.05) is 24.6 Å². The van der Waals surface area contributed by atoms with Crippen molar-refractivity contribution in [2.24, 2.45) is 0 Å². The summed E-state index contributed by atoms with van der Waals surface area (Å²) in [6.45, 7) is 5.85. The average Bonchev–Trinajstić information content (AvgIpc) is 2.41. The van der Waals surface area contributed by atoms with Crippen molar-refractivity contribution in [3.63, 3.8) is 0 Å². The Hall–Kier alpha value is -1.65. The SMILES string of the molecule is CCCNCc1cnc(Oc2cccc(Cl)c2)nc1C. The number of ether oxygens (including phenoxy) is 1. The summed E-state index contributed by atoms with van der Waals surface area (Å²) >= 11 is 5.91. The Balaban J connectivity index is 2.05. The molecule has 0 amide bonds. The van der Waals surface area contributed by atoms with E-state index < -0.39 is 0 Å². The second kappa shape index (κ2) is 7.22. The molecule has 20 heavy (non-hydrogen) atoms. The van der Waals surface area contributed by atoms with Crippen molar-refractivity contribution in [1.82, 2.24) is 15.3 Å². The fourth-order valence-corrected chi connectivity index (χ4v) is 1.91. The zero-order valence-corrected chi connectivity index (χ0v) is 12.4. The number of benzene rings is 1. The summed E-state index contributed by atoms with van der Waals surface area (Å²) in [6, 6.07) is 7.51. The van der Waals surface area contributed by atoms with Gasteiger partial charge in [-0.15, -0.1) is 0 Å². The molecule has 0 atom stereocenters. The van der Waals surface area contributed by atoms with Gasteiger partial charge in [0.15, 0.2) is 0 Å². The van der Waals surface area contributed by atoms with Gasteiger partial charge in [0.05, 0.1) is 0 Å². The summed E-state index contributed by atoms with van der Waals surface area (Å²) in [4.78, 5) is 8.59. The topological polar surface area (TPSA) is 47.0 Å². The van der Waals surface area contributed by atoms with Crippen LogP contribution in [0.25, 0.3) is 0 Å². The molecule has 0 saturated carbocycles. The highest BCUT2D eigenvalue weighted by atomic mass is 35.5. The summed E-state index contributed by atoms with van der Waals surface area (Å²) in [5, 5.41) is 3.96. The van der Waals surface area contributed by atoms with Crippen LogP contribution in [-0.2, 0) is 6.54 Å². The van der Waals surface area contributed by atoms with Gasteiger partial charge < -0.3 is 10.1 Å². The van der Waals surface area contributed by atoms with Crippen LogP contribution in [0, 0.1) is 6.92 Å². The van der Waals surface area contributed by atoms with Crippen LogP contribution < -0.4 is 10.1 Å². The zero-order valence-electron chi connectivity index (χ0n) is 11.7. The number of rotatable bonds is 6. The standard InChI is InChI=1S/C15H18ClN3O/c1-3-7-17-9-12-10-18-15(19-11(12)2)20-14-6-4-5-13(16)8-14/h4-6,8,10,17H,3,7,9H2,1-2H3. The van der Waals surface area contributed by atoms with Gasteiger partial charge in [0.2, 0.25) is 0 Å². The van der Waals surface area contributed by atoms with E-state index in [0.29, 0.717) is 16.8 Å². The molecule has 1 N–H and O–H groups in total. The average molecular weight is 292 g/mol. The molecule has 0 radical (unpaired) electrons. The highest BCUT2D eigenvalue weighted by molar-refractivity contribution is 6.30. The minimum absolute atomic E-state index is 0.337. The van der Waals surface area contributed by atoms with Gasteiger partial charge in [0.25, 0.3) is 0 Å². The number of nitrogens with zero attached hydrogens (tertiary/aromatic N) is 2. The molecule has 1 aromatic carbocycles. The lowest BCUT2D eigenvalue weighted by Crippen LogP contribution is -2.15. The van der Waals surface area contributed by atoms with Gasteiger partial charge in [0.1, 0.15) is 5.75 Å². The van der Waals surface area contributed by atoms with Crippen molar-refractivity contribution in [2.45, 2.75) is 26.8 Å². The van der Waals surface area contributed by atoms with Crippen molar-refractivity contribution < 1.29 is 4.74 Å². The lowest BCUT2D eigenvalue weighted by Gasteiger charge is -2.08. The number of aryl methyl sites for hydroxylation is 1. The second-order valence-corrected chi connectivity index (χ2v) is 4.94. The number of halogens is 1. The molecule has 106 valence electrons. The molecule has 0 spiro atoms. The van der Waals surface area contributed by atoms with Crippen LogP contribution >= 0.6 is 11.6 Å². The van der Waals surface area contributed by atoms with E-state index in [0.717, 1.165) is 30.8 Å². The van der Waals surface area contributed by atoms with Crippen LogP contribution in [0.2, 0.25) is 5.02 Å². The molecule has 1 aromatic heterocycles. The lowest BCUT2D eigenvalue weighted by atomic mass is 10.2. The molecule has 5 heteroatoms. The Morgan fingerprint density at radius 3 is 2.90 bits per heavy atom. The molecular weight excluding hydrogens is 274 g/mol. The number of nitrogens with one attached hydrogen (secondary N) is 1. The van der Waals surface area contributed by atoms with E-state index in [-0.39, 0.29) is 0 Å². The van der Waals surface area contributed by atoms with E-state index in [4.69, 9.17) is 16.3 Å². The second-order valence-electron chi connectivity index (χ2n) is 4.50. The van der Waals surface area contributed by atoms with Crippen LogP contribution in [-0.4, -0.2) is 16.5 Å². The first-order chi connectivity index (χ1) is 9.69. The first kappa shape index (κ1) is 14.8. The fraction of sp³-hybridized carbons (Fsp3) is 0.333. The Kier molecular flexibility index (Phi) is 5.32. The molecular formula is C15H18ClN3O. The monoisotopic (exact) mass is 291 g/mol. The molecule has 0 aliphatic rings. The van der Waals surface area contributed by atoms with E-state index in [9.17, 15) is 0 Å². The van der Waals surface area contributed by atoms with Crippen molar-refractivity contribution in [1.29, 1.82) is 0 Å². The van der Waals surface area contributed by atoms with Crippen LogP contribution in [0.3, 0.4) is 0 Å². The zero-order chi connectivity index (χ0) is 14.4. The molecule has 0 bridgehead atoms. The summed E-state index contributed by atoms with van der Waals surface area (Å²) in [7, 11) is 0. The first-order valence-corrected chi connectivity index (χ1v) is 7.03. The summed E-state index contributed by atoms with van der Waals surface area (Å²) in [5.41, 5.74) is 2.00. The fourth-order valence-electron chi connectivity index (χ4n) is 1.73. The quantitative estimate of drug-likeness (QED) is 0.824. The van der Waals surface area contributed by atoms with Crippen LogP contribution in [0.5, 0.6) is 11.8 Å². The Bertz CT molecular complexity index is 575. The van der Waals surface area contributed by atoms with Crippen molar-refractivity contribution in [2.75, 3.05) is 6.54 Å². The van der Waals surface area contributed by atoms with Crippen molar-refractivity contribution in [3.05, 3.63) is 46.7 Å². The van der Waals surface area contributed by atoms with Crippen molar-refractivity contribution in [3.8, 4) is 11.8 Å². The van der Waals surface area contributed by atoms with Gasteiger partial charge >= 0.3 is 6.01 Å². The predicted octanol–water partition coefficient (Wildman–Crippen LogP) is 3.73. The molecule has 0 saturated heterocycles. The Morgan fingerprint density at radius 2 is 2.20 bits per heavy atom. The summed E-state index contributed by atoms with van der Waals surface area (Å²) < 4.78 is 5.59. The van der Waals surface area contributed by atoms with Gasteiger partial charge in [-0.05, 0) is 38.1 Å². The van der Waals surface area contributed by atoms with E-state index in [1.165, 1.54) is 0 Å². The molecule has 0 aliphatic carbocycles. The smallest absolute Gasteiger partial charge is 0.322 e. The van der Waals surface area contributed by atoms with Gasteiger partial charge in [-0.2, -0.15) is 4.98 Å². The maximum absolute atomic E-state index is 5.91. The molecule has 1 heterocycles. The molecule has 0 unspecified atom stereocenters. The first-order valence-electron chi connectivity index (χ1n) is 6.65. The third-order valence-electron chi connectivity index (χ3n) is 2.81. The predicted molar refractivity (Wildman–Crippen MR) is 80.3 cm³/mol. The number of hydrogen-bond acceptors (Lipinski definition) is 4. The number of hydrogen-bond donors (Lipinski definition) is 1. The van der Waals surface area contributed by atoms with Gasteiger partial charge in [0, 0.05) is 29.0 Å². The maximum Gasteiger partial charge on any atom is 0.322 e. The Labute approximate surface area is 124 Å². The van der Waals surface area contributed by atoms with Crippen molar-refractivity contribution >= 4 is 11.6 Å². The summed E-state index contributed by atoms with van der Waals surface area (Å²) in [6.07, 6.45) is 2.90. The minimum Gasteiger partial charge on any atom is -0.424 e. The third-order valence-corrected chi connectivity index (χ3v) is 3.04. The van der Waals surface area contributed by atoms with E-state index in [1.54, 1.807) is 18.3 Å². The lowest BCUT2D eigenvalue weighted by molar-refractivity contribution is 0.439. The molecule has 0 aliphatic heterocycles.